The van der Waals surface area contributed by atoms with Crippen LogP contribution in [0.4, 0.5) is 9.18 Å². The van der Waals surface area contributed by atoms with Crippen molar-refractivity contribution in [2.75, 3.05) is 39.8 Å². The molecule has 5 rings (SSSR count). The van der Waals surface area contributed by atoms with Crippen LogP contribution in [0.3, 0.4) is 0 Å². The summed E-state index contributed by atoms with van der Waals surface area (Å²) in [7, 11) is 1.76. The molecule has 0 aliphatic carbocycles. The van der Waals surface area contributed by atoms with E-state index in [-0.39, 0.29) is 18.0 Å². The summed E-state index contributed by atoms with van der Waals surface area (Å²) in [6, 6.07) is 4.47. The number of amides is 2. The van der Waals surface area contributed by atoms with Crippen LogP contribution in [0.5, 0.6) is 0 Å². The SMILES string of the molecule is Cc1cncc2c1c(C[C@@H]1CCN(CCC3CCN(C(=O)OC(C)(C)C)CC3)C1)cn2-c1ccc(F)cc1C(=O)N(C)C(C)C. The molecular formula is C36H50FN5O3. The van der Waals surface area contributed by atoms with Gasteiger partial charge in [0.15, 0.2) is 0 Å². The number of pyridine rings is 1. The van der Waals surface area contributed by atoms with E-state index < -0.39 is 11.4 Å². The van der Waals surface area contributed by atoms with Gasteiger partial charge >= 0.3 is 6.09 Å². The Balaban J connectivity index is 1.25. The summed E-state index contributed by atoms with van der Waals surface area (Å²) >= 11 is 0. The van der Waals surface area contributed by atoms with Crippen molar-refractivity contribution in [1.29, 1.82) is 0 Å². The molecule has 0 saturated carbocycles. The van der Waals surface area contributed by atoms with Crippen LogP contribution in [0, 0.1) is 24.6 Å². The molecule has 0 bridgehead atoms. The maximum Gasteiger partial charge on any atom is 0.410 e. The normalized spacial score (nSPS) is 18.2. The molecule has 2 amide bonds. The third-order valence-corrected chi connectivity index (χ3v) is 9.52. The summed E-state index contributed by atoms with van der Waals surface area (Å²) in [4.78, 5) is 36.4. The lowest BCUT2D eigenvalue weighted by Crippen LogP contribution is -2.42. The van der Waals surface area contributed by atoms with Crippen molar-refractivity contribution in [2.24, 2.45) is 11.8 Å². The van der Waals surface area contributed by atoms with Crippen molar-refractivity contribution >= 4 is 22.9 Å². The van der Waals surface area contributed by atoms with Gasteiger partial charge in [-0.3, -0.25) is 9.78 Å². The molecule has 1 aromatic carbocycles. The smallest absolute Gasteiger partial charge is 0.410 e. The van der Waals surface area contributed by atoms with E-state index >= 15 is 0 Å². The van der Waals surface area contributed by atoms with Crippen LogP contribution in [0.1, 0.15) is 81.8 Å². The second-order valence-electron chi connectivity index (χ2n) is 14.4. The molecule has 1 atom stereocenters. The summed E-state index contributed by atoms with van der Waals surface area (Å²) in [5.41, 5.74) is 3.83. The molecule has 0 spiro atoms. The van der Waals surface area contributed by atoms with Gasteiger partial charge in [-0.2, -0.15) is 0 Å². The fraction of sp³-hybridized carbons (Fsp3) is 0.583. The number of carbonyl (C=O) groups excluding carboxylic acids is 2. The largest absolute Gasteiger partial charge is 0.444 e. The highest BCUT2D eigenvalue weighted by Gasteiger charge is 2.29. The summed E-state index contributed by atoms with van der Waals surface area (Å²) in [5, 5.41) is 1.17. The van der Waals surface area contributed by atoms with Crippen LogP contribution in [0.25, 0.3) is 16.6 Å². The molecule has 2 aliphatic heterocycles. The first-order chi connectivity index (χ1) is 21.3. The van der Waals surface area contributed by atoms with Gasteiger partial charge in [-0.15, -0.1) is 0 Å². The standard InChI is InChI=1S/C36H50FN5O3/c1-24(2)39(7)34(43)30-19-29(37)8-9-31(30)42-23-28(33-25(3)20-38-21-32(33)42)18-27-11-15-40(22-27)14-10-26-12-16-41(17-13-26)35(44)45-36(4,5)6/h8-9,19-21,23-24,26-27H,10-18,22H2,1-7H3/t27-/m0/s1. The zero-order chi connectivity index (χ0) is 32.5. The molecule has 8 nitrogen and oxygen atoms in total. The molecular weight excluding hydrogens is 569 g/mol. The lowest BCUT2D eigenvalue weighted by molar-refractivity contribution is 0.0178. The first-order valence-corrected chi connectivity index (χ1v) is 16.5. The minimum Gasteiger partial charge on any atom is -0.444 e. The van der Waals surface area contributed by atoms with Crippen LogP contribution in [0.2, 0.25) is 0 Å². The van der Waals surface area contributed by atoms with Crippen molar-refractivity contribution in [3.63, 3.8) is 0 Å². The highest BCUT2D eigenvalue weighted by Crippen LogP contribution is 2.33. The predicted molar refractivity (Wildman–Crippen MR) is 176 cm³/mol. The predicted octanol–water partition coefficient (Wildman–Crippen LogP) is 6.86. The van der Waals surface area contributed by atoms with E-state index in [1.54, 1.807) is 18.0 Å². The van der Waals surface area contributed by atoms with E-state index in [0.29, 0.717) is 23.1 Å². The van der Waals surface area contributed by atoms with Crippen LogP contribution < -0.4 is 0 Å². The van der Waals surface area contributed by atoms with Crippen molar-refractivity contribution in [1.82, 2.24) is 24.3 Å². The zero-order valence-electron chi connectivity index (χ0n) is 28.1. The fourth-order valence-corrected chi connectivity index (χ4v) is 6.80. The Hall–Kier alpha value is -3.46. The second-order valence-corrected chi connectivity index (χ2v) is 14.4. The number of aryl methyl sites for hydroxylation is 1. The Kier molecular flexibility index (Phi) is 9.87. The Morgan fingerprint density at radius 2 is 1.80 bits per heavy atom. The summed E-state index contributed by atoms with van der Waals surface area (Å²) in [6.07, 6.45) is 11.0. The highest BCUT2D eigenvalue weighted by molar-refractivity contribution is 5.99. The van der Waals surface area contributed by atoms with Crippen LogP contribution >= 0.6 is 0 Å². The Bertz CT molecular complexity index is 1520. The second kappa shape index (κ2) is 13.5. The lowest BCUT2D eigenvalue weighted by Gasteiger charge is -2.34. The van der Waals surface area contributed by atoms with Gasteiger partial charge in [0.25, 0.3) is 5.91 Å². The molecule has 3 aromatic rings. The number of piperidine rings is 1. The van der Waals surface area contributed by atoms with E-state index in [9.17, 15) is 14.0 Å². The molecule has 2 fully saturated rings. The average Bonchev–Trinajstić information content (AvgIpc) is 3.59. The van der Waals surface area contributed by atoms with E-state index in [1.807, 2.05) is 56.5 Å². The van der Waals surface area contributed by atoms with E-state index in [0.717, 1.165) is 75.9 Å². The number of rotatable bonds is 8. The number of ether oxygens (including phenoxy) is 1. The lowest BCUT2D eigenvalue weighted by atomic mass is 9.93. The maximum absolute atomic E-state index is 14.4. The van der Waals surface area contributed by atoms with Gasteiger partial charge < -0.3 is 24.0 Å². The van der Waals surface area contributed by atoms with Gasteiger partial charge in [-0.1, -0.05) is 0 Å². The number of nitrogens with zero attached hydrogens (tertiary/aromatic N) is 5. The first-order valence-electron chi connectivity index (χ1n) is 16.5. The third-order valence-electron chi connectivity index (χ3n) is 9.52. The van der Waals surface area contributed by atoms with Gasteiger partial charge in [-0.05, 0) is 128 Å². The van der Waals surface area contributed by atoms with Gasteiger partial charge in [0.1, 0.15) is 11.4 Å². The van der Waals surface area contributed by atoms with Gasteiger partial charge in [0.05, 0.1) is 23.0 Å². The summed E-state index contributed by atoms with van der Waals surface area (Å²) in [5.74, 6) is 0.542. The van der Waals surface area contributed by atoms with E-state index in [1.165, 1.54) is 23.1 Å². The van der Waals surface area contributed by atoms with Gasteiger partial charge in [0.2, 0.25) is 0 Å². The highest BCUT2D eigenvalue weighted by atomic mass is 19.1. The van der Waals surface area contributed by atoms with Crippen molar-refractivity contribution in [3.8, 4) is 5.69 Å². The van der Waals surface area contributed by atoms with Gasteiger partial charge in [0, 0.05) is 50.5 Å². The zero-order valence-corrected chi connectivity index (χ0v) is 28.1. The third kappa shape index (κ3) is 7.68. The Labute approximate surface area is 267 Å². The molecule has 244 valence electrons. The first kappa shape index (κ1) is 32.9. The molecule has 9 heteroatoms. The number of halogens is 1. The van der Waals surface area contributed by atoms with Crippen molar-refractivity contribution in [2.45, 2.75) is 85.3 Å². The number of benzene rings is 1. The monoisotopic (exact) mass is 619 g/mol. The number of hydrogen-bond acceptors (Lipinski definition) is 5. The molecule has 2 aliphatic rings. The number of likely N-dealkylation sites (tertiary alicyclic amines) is 2. The Morgan fingerprint density at radius 1 is 1.09 bits per heavy atom. The van der Waals surface area contributed by atoms with Crippen LogP contribution in [-0.4, -0.2) is 87.7 Å². The summed E-state index contributed by atoms with van der Waals surface area (Å²) in [6.45, 7) is 16.5. The number of aromatic nitrogens is 2. The molecule has 0 unspecified atom stereocenters. The summed E-state index contributed by atoms with van der Waals surface area (Å²) < 4.78 is 22.0. The number of hydrogen-bond donors (Lipinski definition) is 0. The Morgan fingerprint density at radius 3 is 2.49 bits per heavy atom. The topological polar surface area (TPSA) is 70.9 Å². The van der Waals surface area contributed by atoms with E-state index in [2.05, 4.69) is 23.0 Å². The van der Waals surface area contributed by atoms with E-state index in [4.69, 9.17) is 4.74 Å². The van der Waals surface area contributed by atoms with Gasteiger partial charge in [-0.25, -0.2) is 9.18 Å². The number of carbonyl (C=O) groups is 2. The molecule has 0 N–H and O–H groups in total. The fourth-order valence-electron chi connectivity index (χ4n) is 6.80. The molecule has 0 radical (unpaired) electrons. The van der Waals surface area contributed by atoms with Crippen LogP contribution in [-0.2, 0) is 11.2 Å². The minimum absolute atomic E-state index is 0.00940. The van der Waals surface area contributed by atoms with Crippen LogP contribution in [0.15, 0.2) is 36.8 Å². The molecule has 2 aromatic heterocycles. The molecule has 2 saturated heterocycles. The molecule has 4 heterocycles. The quantitative estimate of drug-likeness (QED) is 0.276. The average molecular weight is 620 g/mol. The minimum atomic E-state index is -0.460. The maximum atomic E-state index is 14.4. The molecule has 45 heavy (non-hydrogen) atoms. The number of fused-ring (bicyclic) bond motifs is 1. The van der Waals surface area contributed by atoms with Crippen molar-refractivity contribution < 1.29 is 18.7 Å². The van der Waals surface area contributed by atoms with Crippen molar-refractivity contribution in [3.05, 3.63) is 59.3 Å².